The first-order chi connectivity index (χ1) is 17.5. The van der Waals surface area contributed by atoms with E-state index in [0.717, 1.165) is 32.1 Å². The van der Waals surface area contributed by atoms with E-state index in [2.05, 4.69) is 10.3 Å². The molecule has 1 N–H and O–H groups in total. The van der Waals surface area contributed by atoms with Crippen LogP contribution < -0.4 is 19.7 Å². The lowest BCUT2D eigenvalue weighted by molar-refractivity contribution is -0.123. The number of halogens is 1. The molecular weight excluding hydrogens is 461 g/mol. The fraction of sp³-hybridized carbons (Fsp3) is 0.321. The average molecular weight is 492 g/mol. The van der Waals surface area contributed by atoms with Crippen molar-refractivity contribution in [3.63, 3.8) is 0 Å². The molecule has 8 heteroatoms. The number of hydrogen-bond acceptors (Lipinski definition) is 5. The Morgan fingerprint density at radius 3 is 2.33 bits per heavy atom. The van der Waals surface area contributed by atoms with Gasteiger partial charge in [-0.15, -0.1) is 0 Å². The molecule has 0 aliphatic heterocycles. The van der Waals surface area contributed by atoms with Crippen LogP contribution in [0, 0.1) is 5.82 Å². The second-order valence-corrected chi connectivity index (χ2v) is 8.73. The average Bonchev–Trinajstić information content (AvgIpc) is 2.92. The summed E-state index contributed by atoms with van der Waals surface area (Å²) in [5, 5.41) is 3.15. The molecule has 0 bridgehead atoms. The van der Waals surface area contributed by atoms with Gasteiger partial charge in [0, 0.05) is 17.9 Å². The van der Waals surface area contributed by atoms with Crippen molar-refractivity contribution in [2.75, 3.05) is 19.1 Å². The highest BCUT2D eigenvalue weighted by Gasteiger charge is 2.35. The first-order valence-electron chi connectivity index (χ1n) is 12.0. The number of nitrogens with one attached hydrogen (secondary N) is 1. The van der Waals surface area contributed by atoms with Crippen molar-refractivity contribution in [2.45, 2.75) is 44.2 Å². The molecule has 0 saturated heterocycles. The number of aromatic nitrogens is 1. The van der Waals surface area contributed by atoms with Gasteiger partial charge in [-0.05, 0) is 66.9 Å². The molecular formula is C28H30FN3O4. The number of nitrogens with zero attached hydrogens (tertiary/aromatic N) is 2. The lowest BCUT2D eigenvalue weighted by atomic mass is 9.94. The largest absolute Gasteiger partial charge is 0.493 e. The van der Waals surface area contributed by atoms with Gasteiger partial charge in [0.05, 0.1) is 14.2 Å². The van der Waals surface area contributed by atoms with Crippen molar-refractivity contribution in [3.8, 4) is 11.5 Å². The summed E-state index contributed by atoms with van der Waals surface area (Å²) < 4.78 is 24.7. The number of methoxy groups -OCH3 is 2. The molecule has 188 valence electrons. The molecule has 1 saturated carbocycles. The van der Waals surface area contributed by atoms with E-state index < -0.39 is 17.8 Å². The predicted octanol–water partition coefficient (Wildman–Crippen LogP) is 5.07. The summed E-state index contributed by atoms with van der Waals surface area (Å²) >= 11 is 0. The number of ether oxygens (including phenoxy) is 2. The number of hydrogen-bond donors (Lipinski definition) is 1. The highest BCUT2D eigenvalue weighted by Crippen LogP contribution is 2.35. The van der Waals surface area contributed by atoms with Crippen LogP contribution in [0.2, 0.25) is 0 Å². The van der Waals surface area contributed by atoms with Crippen molar-refractivity contribution in [1.82, 2.24) is 10.3 Å². The van der Waals surface area contributed by atoms with Crippen molar-refractivity contribution >= 4 is 17.5 Å². The van der Waals surface area contributed by atoms with Gasteiger partial charge in [-0.1, -0.05) is 31.4 Å². The molecule has 4 rings (SSSR count). The molecule has 1 aromatic heterocycles. The first-order valence-corrected chi connectivity index (χ1v) is 12.0. The number of amides is 2. The number of carbonyl (C=O) groups is 2. The van der Waals surface area contributed by atoms with Gasteiger partial charge in [0.25, 0.3) is 5.91 Å². The Kier molecular flexibility index (Phi) is 8.15. The van der Waals surface area contributed by atoms with Crippen LogP contribution in [-0.2, 0) is 4.79 Å². The van der Waals surface area contributed by atoms with Crippen LogP contribution in [-0.4, -0.2) is 37.1 Å². The minimum Gasteiger partial charge on any atom is -0.493 e. The van der Waals surface area contributed by atoms with Crippen LogP contribution >= 0.6 is 0 Å². The molecule has 0 spiro atoms. The van der Waals surface area contributed by atoms with Crippen molar-refractivity contribution < 1.29 is 23.5 Å². The van der Waals surface area contributed by atoms with E-state index in [1.54, 1.807) is 36.4 Å². The third-order valence-electron chi connectivity index (χ3n) is 6.39. The molecule has 1 atom stereocenters. The fourth-order valence-corrected chi connectivity index (χ4v) is 4.57. The predicted molar refractivity (Wildman–Crippen MR) is 135 cm³/mol. The Morgan fingerprint density at radius 1 is 0.972 bits per heavy atom. The Hall–Kier alpha value is -3.94. The van der Waals surface area contributed by atoms with Gasteiger partial charge in [0.1, 0.15) is 17.6 Å². The summed E-state index contributed by atoms with van der Waals surface area (Å²) in [4.78, 5) is 33.3. The van der Waals surface area contributed by atoms with E-state index in [-0.39, 0.29) is 17.6 Å². The van der Waals surface area contributed by atoms with Crippen molar-refractivity contribution in [3.05, 3.63) is 83.9 Å². The monoisotopic (exact) mass is 491 g/mol. The summed E-state index contributed by atoms with van der Waals surface area (Å²) in [5.41, 5.74) is 1.05. The van der Waals surface area contributed by atoms with Gasteiger partial charge in [0.15, 0.2) is 11.5 Å². The van der Waals surface area contributed by atoms with E-state index in [0.29, 0.717) is 22.7 Å². The number of carbonyl (C=O) groups excluding carboxylic acids is 2. The number of pyridine rings is 1. The topological polar surface area (TPSA) is 80.8 Å². The Bertz CT molecular complexity index is 1180. The van der Waals surface area contributed by atoms with Crippen molar-refractivity contribution in [2.24, 2.45) is 0 Å². The number of rotatable bonds is 8. The molecule has 1 aliphatic rings. The maximum absolute atomic E-state index is 13.9. The van der Waals surface area contributed by atoms with Gasteiger partial charge in [-0.3, -0.25) is 19.5 Å². The molecule has 0 radical (unpaired) electrons. The second kappa shape index (κ2) is 11.7. The zero-order valence-corrected chi connectivity index (χ0v) is 20.4. The molecule has 3 aromatic rings. The van der Waals surface area contributed by atoms with E-state index in [1.165, 1.54) is 49.6 Å². The van der Waals surface area contributed by atoms with Crippen LogP contribution in [0.5, 0.6) is 11.5 Å². The second-order valence-electron chi connectivity index (χ2n) is 8.73. The smallest absolute Gasteiger partial charge is 0.277 e. The van der Waals surface area contributed by atoms with E-state index >= 15 is 0 Å². The standard InChI is InChI=1S/C28H30FN3O4/c1-35-24-16-11-19(18-25(24)36-2)26(27(33)31-21-8-4-3-5-9-21)32(22-14-12-20(29)13-15-22)28(34)23-10-6-7-17-30-23/h6-7,10-18,21,26H,3-5,8-9H2,1-2H3,(H,31,33)/t26-/m1/s1. The highest BCUT2D eigenvalue weighted by molar-refractivity contribution is 6.09. The van der Waals surface area contributed by atoms with Crippen LogP contribution in [0.4, 0.5) is 10.1 Å². The van der Waals surface area contributed by atoms with Crippen LogP contribution in [0.15, 0.2) is 66.9 Å². The van der Waals surface area contributed by atoms with Crippen LogP contribution in [0.1, 0.15) is 54.2 Å². The molecule has 2 amide bonds. The molecule has 1 aliphatic carbocycles. The maximum atomic E-state index is 13.9. The van der Waals surface area contributed by atoms with Gasteiger partial charge in [-0.2, -0.15) is 0 Å². The fourth-order valence-electron chi connectivity index (χ4n) is 4.57. The Labute approximate surface area is 210 Å². The zero-order chi connectivity index (χ0) is 25.5. The number of anilines is 1. The van der Waals surface area contributed by atoms with Gasteiger partial charge in [0.2, 0.25) is 5.91 Å². The lowest BCUT2D eigenvalue weighted by Crippen LogP contribution is -2.47. The number of benzene rings is 2. The Balaban J connectivity index is 1.84. The van der Waals surface area contributed by atoms with Gasteiger partial charge >= 0.3 is 0 Å². The third-order valence-corrected chi connectivity index (χ3v) is 6.39. The molecule has 1 fully saturated rings. The molecule has 1 heterocycles. The summed E-state index contributed by atoms with van der Waals surface area (Å²) in [6.07, 6.45) is 6.51. The molecule has 0 unspecified atom stereocenters. The Morgan fingerprint density at radius 2 is 1.69 bits per heavy atom. The first kappa shape index (κ1) is 25.2. The van der Waals surface area contributed by atoms with E-state index in [4.69, 9.17) is 9.47 Å². The quantitative estimate of drug-likeness (QED) is 0.476. The normalized spacial score (nSPS) is 14.5. The van der Waals surface area contributed by atoms with Gasteiger partial charge in [-0.25, -0.2) is 4.39 Å². The summed E-state index contributed by atoms with van der Waals surface area (Å²) in [7, 11) is 3.04. The molecule has 2 aromatic carbocycles. The van der Waals surface area contributed by atoms with E-state index in [9.17, 15) is 14.0 Å². The van der Waals surface area contributed by atoms with Gasteiger partial charge < -0.3 is 14.8 Å². The minimum atomic E-state index is -1.06. The highest BCUT2D eigenvalue weighted by atomic mass is 19.1. The maximum Gasteiger partial charge on any atom is 0.277 e. The zero-order valence-electron chi connectivity index (χ0n) is 20.4. The summed E-state index contributed by atoms with van der Waals surface area (Å²) in [5.74, 6) is -0.339. The van der Waals surface area contributed by atoms with Crippen LogP contribution in [0.25, 0.3) is 0 Å². The molecule has 36 heavy (non-hydrogen) atoms. The SMILES string of the molecule is COc1ccc([C@H](C(=O)NC2CCCCC2)N(C(=O)c2ccccn2)c2ccc(F)cc2)cc1OC. The molecule has 7 nitrogen and oxygen atoms in total. The summed E-state index contributed by atoms with van der Waals surface area (Å²) in [6, 6.07) is 14.6. The van der Waals surface area contributed by atoms with Crippen molar-refractivity contribution in [1.29, 1.82) is 0 Å². The van der Waals surface area contributed by atoms with E-state index in [1.807, 2.05) is 0 Å². The minimum absolute atomic E-state index is 0.0221. The van der Waals surface area contributed by atoms with Crippen LogP contribution in [0.3, 0.4) is 0 Å². The summed E-state index contributed by atoms with van der Waals surface area (Å²) in [6.45, 7) is 0. The lowest BCUT2D eigenvalue weighted by Gasteiger charge is -2.33. The third kappa shape index (κ3) is 5.64.